The van der Waals surface area contributed by atoms with Gasteiger partial charge in [0.15, 0.2) is 5.71 Å². The Morgan fingerprint density at radius 1 is 1.10 bits per heavy atom. The van der Waals surface area contributed by atoms with Crippen molar-refractivity contribution in [2.45, 2.75) is 6.18 Å². The van der Waals surface area contributed by atoms with Crippen LogP contribution in [0.3, 0.4) is 0 Å². The number of phenolic OH excluding ortho intramolecular Hbond substituents is 1. The van der Waals surface area contributed by atoms with Crippen LogP contribution in [0.15, 0.2) is 71.9 Å². The van der Waals surface area contributed by atoms with Crippen molar-refractivity contribution in [3.05, 3.63) is 72.7 Å². The van der Waals surface area contributed by atoms with Crippen LogP contribution in [0.4, 0.5) is 34.6 Å². The minimum absolute atomic E-state index is 0.115. The number of aliphatic imine (C=N–C) groups is 1. The lowest BCUT2D eigenvalue weighted by Gasteiger charge is -2.15. The molecule has 162 valence electrons. The summed E-state index contributed by atoms with van der Waals surface area (Å²) in [5, 5.41) is 13.5. The minimum atomic E-state index is -5.05. The average Bonchev–Trinajstić information content (AvgIpc) is 2.71. The molecule has 0 aromatic heterocycles. The molecule has 31 heavy (non-hydrogen) atoms. The second-order valence-corrected chi connectivity index (χ2v) is 5.90. The van der Waals surface area contributed by atoms with Crippen molar-refractivity contribution in [3.8, 4) is 5.75 Å². The lowest BCUT2D eigenvalue weighted by Crippen LogP contribution is -2.32. The minimum Gasteiger partial charge on any atom is -0.508 e. The first-order valence-corrected chi connectivity index (χ1v) is 8.46. The van der Waals surface area contributed by atoms with Gasteiger partial charge in [-0.15, -0.1) is 0 Å². The Morgan fingerprint density at radius 2 is 1.74 bits per heavy atom. The van der Waals surface area contributed by atoms with E-state index in [2.05, 4.69) is 22.2 Å². The number of amides is 2. The van der Waals surface area contributed by atoms with Crippen LogP contribution in [0.5, 0.6) is 5.75 Å². The van der Waals surface area contributed by atoms with Crippen molar-refractivity contribution in [2.24, 2.45) is 10.7 Å². The van der Waals surface area contributed by atoms with Crippen LogP contribution in [0.2, 0.25) is 0 Å². The van der Waals surface area contributed by atoms with E-state index in [1.165, 1.54) is 0 Å². The van der Waals surface area contributed by atoms with E-state index in [9.17, 15) is 32.3 Å². The van der Waals surface area contributed by atoms with E-state index in [-0.39, 0.29) is 22.8 Å². The number of rotatable bonds is 6. The van der Waals surface area contributed by atoms with Crippen LogP contribution in [0.25, 0.3) is 0 Å². The number of alkyl halides is 3. The third-order valence-electron chi connectivity index (χ3n) is 3.69. The molecule has 11 heteroatoms. The maximum atomic E-state index is 13.8. The normalized spacial score (nSPS) is 12.3. The van der Waals surface area contributed by atoms with Crippen molar-refractivity contribution in [2.75, 3.05) is 10.6 Å². The van der Waals surface area contributed by atoms with E-state index in [1.807, 2.05) is 0 Å². The number of halogens is 4. The Hall–Kier alpha value is -4.15. The highest BCUT2D eigenvalue weighted by Gasteiger charge is 2.40. The van der Waals surface area contributed by atoms with Crippen molar-refractivity contribution >= 4 is 34.6 Å². The highest BCUT2D eigenvalue weighted by atomic mass is 19.4. The first-order valence-electron chi connectivity index (χ1n) is 8.46. The SMILES string of the molecule is C=CC(=O)Nc1cc(NC(=O)C(=CN)C(=Nc2ccc(O)cc2)C(F)(F)F)ccc1F. The molecule has 2 rings (SSSR count). The zero-order valence-corrected chi connectivity index (χ0v) is 15.7. The molecule has 5 N–H and O–H groups in total. The second-order valence-electron chi connectivity index (χ2n) is 5.90. The van der Waals surface area contributed by atoms with Gasteiger partial charge >= 0.3 is 6.18 Å². The highest BCUT2D eigenvalue weighted by molar-refractivity contribution is 6.27. The molecule has 0 spiro atoms. The quantitative estimate of drug-likeness (QED) is 0.313. The summed E-state index contributed by atoms with van der Waals surface area (Å²) in [6.07, 6.45) is -3.73. The van der Waals surface area contributed by atoms with Gasteiger partial charge in [-0.25, -0.2) is 9.38 Å². The highest BCUT2D eigenvalue weighted by Crippen LogP contribution is 2.28. The smallest absolute Gasteiger partial charge is 0.434 e. The first kappa shape index (κ1) is 23.1. The third kappa shape index (κ3) is 6.16. The maximum Gasteiger partial charge on any atom is 0.434 e. The Morgan fingerprint density at radius 3 is 2.29 bits per heavy atom. The maximum absolute atomic E-state index is 13.8. The summed E-state index contributed by atoms with van der Waals surface area (Å²) in [7, 11) is 0. The van der Waals surface area contributed by atoms with E-state index in [4.69, 9.17) is 5.73 Å². The number of carbonyl (C=O) groups excluding carboxylic acids is 2. The molecule has 7 nitrogen and oxygen atoms in total. The molecule has 0 fully saturated rings. The van der Waals surface area contributed by atoms with Gasteiger partial charge in [0.25, 0.3) is 5.91 Å². The predicted molar refractivity (Wildman–Crippen MR) is 107 cm³/mol. The van der Waals surface area contributed by atoms with Gasteiger partial charge in [0, 0.05) is 11.9 Å². The van der Waals surface area contributed by atoms with Crippen LogP contribution < -0.4 is 16.4 Å². The monoisotopic (exact) mass is 436 g/mol. The summed E-state index contributed by atoms with van der Waals surface area (Å²) in [5.41, 5.74) is 2.06. The molecule has 0 bridgehead atoms. The van der Waals surface area contributed by atoms with Gasteiger partial charge < -0.3 is 21.5 Å². The number of benzene rings is 2. The van der Waals surface area contributed by atoms with Crippen molar-refractivity contribution in [1.82, 2.24) is 0 Å². The van der Waals surface area contributed by atoms with Crippen LogP contribution in [0.1, 0.15) is 0 Å². The number of phenols is 1. The van der Waals surface area contributed by atoms with E-state index in [0.29, 0.717) is 6.20 Å². The third-order valence-corrected chi connectivity index (χ3v) is 3.69. The number of hydrogen-bond acceptors (Lipinski definition) is 5. The van der Waals surface area contributed by atoms with Crippen molar-refractivity contribution < 1.29 is 32.3 Å². The predicted octanol–water partition coefficient (Wildman–Crippen LogP) is 3.77. The molecule has 0 atom stereocenters. The molecular weight excluding hydrogens is 420 g/mol. The topological polar surface area (TPSA) is 117 Å². The standard InChI is InChI=1S/C20H16F4N4O3/c1-2-17(30)28-16-9-12(5-8-15(16)21)27-19(31)14(10-25)18(20(22,23)24)26-11-3-6-13(29)7-4-11/h2-10,29H,1,25H2,(H,27,31)(H,28,30). The molecule has 0 saturated heterocycles. The van der Waals surface area contributed by atoms with Gasteiger partial charge in [0.2, 0.25) is 5.91 Å². The zero-order valence-electron chi connectivity index (χ0n) is 15.7. The zero-order chi connectivity index (χ0) is 23.2. The summed E-state index contributed by atoms with van der Waals surface area (Å²) >= 11 is 0. The van der Waals surface area contributed by atoms with Crippen molar-refractivity contribution in [1.29, 1.82) is 0 Å². The molecule has 0 aliphatic heterocycles. The first-order chi connectivity index (χ1) is 14.5. The van der Waals surface area contributed by atoms with Crippen molar-refractivity contribution in [3.63, 3.8) is 0 Å². The van der Waals surface area contributed by atoms with Crippen LogP contribution in [-0.4, -0.2) is 28.8 Å². The molecule has 0 heterocycles. The van der Waals surface area contributed by atoms with E-state index in [1.54, 1.807) is 0 Å². The fourth-order valence-corrected chi connectivity index (χ4v) is 2.28. The average molecular weight is 436 g/mol. The van der Waals surface area contributed by atoms with Crippen LogP contribution >= 0.6 is 0 Å². The number of carbonyl (C=O) groups is 2. The molecule has 2 aromatic rings. The fourth-order valence-electron chi connectivity index (χ4n) is 2.28. The van der Waals surface area contributed by atoms with Gasteiger partial charge in [-0.1, -0.05) is 6.58 Å². The molecular formula is C20H16F4N4O3. The van der Waals surface area contributed by atoms with E-state index < -0.39 is 35.1 Å². The van der Waals surface area contributed by atoms with Gasteiger partial charge in [-0.3, -0.25) is 9.59 Å². The Balaban J connectivity index is 2.36. The summed E-state index contributed by atoms with van der Waals surface area (Å²) < 4.78 is 54.5. The molecule has 2 aromatic carbocycles. The molecule has 0 unspecified atom stereocenters. The summed E-state index contributed by atoms with van der Waals surface area (Å²) in [6.45, 7) is 3.21. The second kappa shape index (κ2) is 9.57. The summed E-state index contributed by atoms with van der Waals surface area (Å²) in [6, 6.07) is 7.45. The molecule has 0 radical (unpaired) electrons. The molecule has 2 amide bonds. The largest absolute Gasteiger partial charge is 0.508 e. The van der Waals surface area contributed by atoms with Gasteiger partial charge in [0.05, 0.1) is 16.9 Å². The molecule has 0 aliphatic rings. The fraction of sp³-hybridized carbons (Fsp3) is 0.0500. The molecule has 0 aliphatic carbocycles. The van der Waals surface area contributed by atoms with Gasteiger partial charge in [-0.05, 0) is 48.5 Å². The Kier molecular flexibility index (Phi) is 7.14. The number of anilines is 2. The number of nitrogens with two attached hydrogens (primary N) is 1. The lowest BCUT2D eigenvalue weighted by atomic mass is 10.1. The Bertz CT molecular complexity index is 1060. The van der Waals surface area contributed by atoms with Crippen LogP contribution in [0, 0.1) is 5.82 Å². The van der Waals surface area contributed by atoms with Gasteiger partial charge in [-0.2, -0.15) is 13.2 Å². The Labute approximate surface area is 173 Å². The number of nitrogens with zero attached hydrogens (tertiary/aromatic N) is 1. The number of aromatic hydroxyl groups is 1. The summed E-state index contributed by atoms with van der Waals surface area (Å²) in [5.74, 6) is -3.03. The van der Waals surface area contributed by atoms with Gasteiger partial charge in [0.1, 0.15) is 11.6 Å². The number of hydrogen-bond donors (Lipinski definition) is 4. The van der Waals surface area contributed by atoms with E-state index >= 15 is 0 Å². The molecule has 0 saturated carbocycles. The lowest BCUT2D eigenvalue weighted by molar-refractivity contribution is -0.113. The number of nitrogens with one attached hydrogen (secondary N) is 2. The van der Waals surface area contributed by atoms with E-state index in [0.717, 1.165) is 48.5 Å². The summed E-state index contributed by atoms with van der Waals surface area (Å²) in [4.78, 5) is 27.3. The van der Waals surface area contributed by atoms with Crippen LogP contribution in [-0.2, 0) is 9.59 Å².